The van der Waals surface area contributed by atoms with E-state index in [-0.39, 0.29) is 22.0 Å². The molecule has 2 aliphatic heterocycles. The smallest absolute Gasteiger partial charge is 0.371 e. The molecule has 5 rings (SSSR count). The van der Waals surface area contributed by atoms with Gasteiger partial charge in [0.2, 0.25) is 5.95 Å². The van der Waals surface area contributed by atoms with Crippen molar-refractivity contribution in [2.24, 2.45) is 5.41 Å². The van der Waals surface area contributed by atoms with Crippen molar-refractivity contribution in [2.75, 3.05) is 36.0 Å². The monoisotopic (exact) mass is 497 g/mol. The Kier molecular flexibility index (Phi) is 5.67. The van der Waals surface area contributed by atoms with E-state index in [1.165, 1.54) is 17.0 Å². The standard InChI is InChI=1S/C22H24F5N7O/c1-2-33-19(35)15-10-29-34(11-17(23)24)18(15)30-20(33)32-8-5-21(13-32)4-7-31(12-21)14-3-6-28-16(9-14)22(25,26)27/h3,6,9-10,17H,2,4-5,7-8,11-13H2,1H3. The van der Waals surface area contributed by atoms with Gasteiger partial charge < -0.3 is 9.80 Å². The number of halogens is 5. The van der Waals surface area contributed by atoms with E-state index < -0.39 is 24.8 Å². The summed E-state index contributed by atoms with van der Waals surface area (Å²) in [4.78, 5) is 25.0. The molecule has 2 saturated heterocycles. The lowest BCUT2D eigenvalue weighted by Crippen LogP contribution is -2.35. The molecule has 8 nitrogen and oxygen atoms in total. The van der Waals surface area contributed by atoms with Gasteiger partial charge in [-0.25, -0.2) is 13.5 Å². The van der Waals surface area contributed by atoms with Crippen LogP contribution in [0.5, 0.6) is 0 Å². The lowest BCUT2D eigenvalue weighted by Gasteiger charge is -2.27. The van der Waals surface area contributed by atoms with E-state index in [9.17, 15) is 26.7 Å². The highest BCUT2D eigenvalue weighted by atomic mass is 19.4. The first kappa shape index (κ1) is 23.5. The second-order valence-electron chi connectivity index (χ2n) is 9.16. The highest BCUT2D eigenvalue weighted by molar-refractivity contribution is 5.75. The topological polar surface area (TPSA) is 72.1 Å². The van der Waals surface area contributed by atoms with E-state index >= 15 is 0 Å². The Morgan fingerprint density at radius 2 is 1.86 bits per heavy atom. The molecule has 0 bridgehead atoms. The van der Waals surface area contributed by atoms with Gasteiger partial charge in [0.1, 0.15) is 17.6 Å². The van der Waals surface area contributed by atoms with Crippen LogP contribution in [0, 0.1) is 5.41 Å². The number of alkyl halides is 5. The number of pyridine rings is 1. The van der Waals surface area contributed by atoms with Gasteiger partial charge in [0.05, 0.1) is 6.20 Å². The van der Waals surface area contributed by atoms with Crippen LogP contribution in [0.4, 0.5) is 33.6 Å². The summed E-state index contributed by atoms with van der Waals surface area (Å²) in [7, 11) is 0. The lowest BCUT2D eigenvalue weighted by atomic mass is 9.86. The number of fused-ring (bicyclic) bond motifs is 1. The Morgan fingerprint density at radius 1 is 1.14 bits per heavy atom. The quantitative estimate of drug-likeness (QED) is 0.504. The number of hydrogen-bond donors (Lipinski definition) is 0. The largest absolute Gasteiger partial charge is 0.433 e. The summed E-state index contributed by atoms with van der Waals surface area (Å²) in [5.41, 5.74) is -0.841. The van der Waals surface area contributed by atoms with Crippen molar-refractivity contribution in [1.29, 1.82) is 0 Å². The molecule has 13 heteroatoms. The van der Waals surface area contributed by atoms with Gasteiger partial charge in [-0.2, -0.15) is 23.3 Å². The second-order valence-corrected chi connectivity index (χ2v) is 9.16. The first-order valence-electron chi connectivity index (χ1n) is 11.4. The summed E-state index contributed by atoms with van der Waals surface area (Å²) in [6, 6.07) is 2.65. The van der Waals surface area contributed by atoms with E-state index in [0.717, 1.165) is 23.6 Å². The molecule has 3 aromatic rings. The first-order chi connectivity index (χ1) is 16.6. The van der Waals surface area contributed by atoms with Crippen molar-refractivity contribution in [1.82, 2.24) is 24.3 Å². The molecule has 1 spiro atoms. The van der Waals surface area contributed by atoms with Crippen LogP contribution >= 0.6 is 0 Å². The third-order valence-electron chi connectivity index (χ3n) is 6.92. The Bertz CT molecular complexity index is 1300. The van der Waals surface area contributed by atoms with Crippen molar-refractivity contribution >= 4 is 22.7 Å². The van der Waals surface area contributed by atoms with Crippen LogP contribution < -0.4 is 15.4 Å². The highest BCUT2D eigenvalue weighted by Crippen LogP contribution is 2.42. The zero-order valence-electron chi connectivity index (χ0n) is 19.0. The van der Waals surface area contributed by atoms with Crippen LogP contribution in [0.15, 0.2) is 29.3 Å². The molecular formula is C22H24F5N7O. The minimum absolute atomic E-state index is 0.125. The van der Waals surface area contributed by atoms with Crippen molar-refractivity contribution < 1.29 is 22.0 Å². The Balaban J connectivity index is 1.41. The minimum Gasteiger partial charge on any atom is -0.371 e. The molecule has 0 N–H and O–H groups in total. The predicted octanol–water partition coefficient (Wildman–Crippen LogP) is 3.40. The Labute approximate surface area is 197 Å². The summed E-state index contributed by atoms with van der Waals surface area (Å²) >= 11 is 0. The molecule has 0 radical (unpaired) electrons. The summed E-state index contributed by atoms with van der Waals surface area (Å²) in [6.45, 7) is 3.82. The third-order valence-corrected chi connectivity index (χ3v) is 6.92. The maximum atomic E-state index is 13.1. The molecule has 2 fully saturated rings. The Morgan fingerprint density at radius 3 is 2.54 bits per heavy atom. The molecule has 0 aliphatic carbocycles. The van der Waals surface area contributed by atoms with Crippen molar-refractivity contribution in [3.63, 3.8) is 0 Å². The fraction of sp³-hybridized carbons (Fsp3) is 0.545. The Hall–Kier alpha value is -3.25. The highest BCUT2D eigenvalue weighted by Gasteiger charge is 2.45. The molecule has 188 valence electrons. The van der Waals surface area contributed by atoms with Crippen LogP contribution in [-0.2, 0) is 19.3 Å². The van der Waals surface area contributed by atoms with Gasteiger partial charge in [0, 0.05) is 50.0 Å². The third kappa shape index (κ3) is 4.20. The maximum absolute atomic E-state index is 13.1. The average molecular weight is 497 g/mol. The van der Waals surface area contributed by atoms with Gasteiger partial charge in [0.15, 0.2) is 5.65 Å². The van der Waals surface area contributed by atoms with E-state index in [2.05, 4.69) is 15.1 Å². The fourth-order valence-electron chi connectivity index (χ4n) is 5.20. The molecule has 1 unspecified atom stereocenters. The van der Waals surface area contributed by atoms with Gasteiger partial charge in [-0.1, -0.05) is 0 Å². The van der Waals surface area contributed by atoms with Crippen LogP contribution in [0.3, 0.4) is 0 Å². The molecule has 2 aliphatic rings. The molecule has 0 amide bonds. The second kappa shape index (κ2) is 8.45. The zero-order valence-corrected chi connectivity index (χ0v) is 19.0. The van der Waals surface area contributed by atoms with Gasteiger partial charge in [-0.15, -0.1) is 0 Å². The van der Waals surface area contributed by atoms with Crippen molar-refractivity contribution in [3.8, 4) is 0 Å². The van der Waals surface area contributed by atoms with Gasteiger partial charge in [-0.3, -0.25) is 14.3 Å². The van der Waals surface area contributed by atoms with E-state index in [1.807, 2.05) is 16.7 Å². The SMILES string of the molecule is CCn1c(N2CCC3(CCN(c4ccnc(C(F)(F)F)c4)C3)C2)nc2c(cnn2CC(F)F)c1=O. The normalized spacial score (nSPS) is 20.8. The van der Waals surface area contributed by atoms with E-state index in [4.69, 9.17) is 0 Å². The maximum Gasteiger partial charge on any atom is 0.433 e. The van der Waals surface area contributed by atoms with Gasteiger partial charge in [-0.05, 0) is 31.9 Å². The summed E-state index contributed by atoms with van der Waals surface area (Å²) in [6.07, 6.45) is -3.16. The minimum atomic E-state index is -4.51. The predicted molar refractivity (Wildman–Crippen MR) is 119 cm³/mol. The molecular weight excluding hydrogens is 473 g/mol. The first-order valence-corrected chi connectivity index (χ1v) is 11.4. The van der Waals surface area contributed by atoms with Crippen LogP contribution in [0.2, 0.25) is 0 Å². The summed E-state index contributed by atoms with van der Waals surface area (Å²) in [5, 5.41) is 4.12. The summed E-state index contributed by atoms with van der Waals surface area (Å²) < 4.78 is 67.9. The number of aromatic nitrogens is 5. The van der Waals surface area contributed by atoms with Crippen molar-refractivity contribution in [2.45, 2.75) is 45.5 Å². The van der Waals surface area contributed by atoms with Crippen LogP contribution in [-0.4, -0.2) is 56.9 Å². The molecule has 3 aromatic heterocycles. The number of hydrogen-bond acceptors (Lipinski definition) is 6. The van der Waals surface area contributed by atoms with Gasteiger partial charge in [0.25, 0.3) is 12.0 Å². The van der Waals surface area contributed by atoms with Crippen LogP contribution in [0.1, 0.15) is 25.5 Å². The van der Waals surface area contributed by atoms with E-state index in [1.54, 1.807) is 6.07 Å². The van der Waals surface area contributed by atoms with E-state index in [0.29, 0.717) is 44.4 Å². The lowest BCUT2D eigenvalue weighted by molar-refractivity contribution is -0.141. The van der Waals surface area contributed by atoms with Crippen LogP contribution in [0.25, 0.3) is 11.0 Å². The molecule has 35 heavy (non-hydrogen) atoms. The van der Waals surface area contributed by atoms with Crippen molar-refractivity contribution in [3.05, 3.63) is 40.6 Å². The summed E-state index contributed by atoms with van der Waals surface area (Å²) in [5.74, 6) is 0.402. The average Bonchev–Trinajstić information content (AvgIpc) is 3.53. The number of rotatable bonds is 5. The number of anilines is 2. The fourth-order valence-corrected chi connectivity index (χ4v) is 5.20. The van der Waals surface area contributed by atoms with Gasteiger partial charge >= 0.3 is 6.18 Å². The zero-order chi connectivity index (χ0) is 25.0. The molecule has 1 atom stereocenters. The molecule has 5 heterocycles. The number of nitrogens with zero attached hydrogens (tertiary/aromatic N) is 7. The molecule has 0 saturated carbocycles. The molecule has 0 aromatic carbocycles.